The Morgan fingerprint density at radius 1 is 1.50 bits per heavy atom. The van der Waals surface area contributed by atoms with E-state index in [9.17, 15) is 4.79 Å². The van der Waals surface area contributed by atoms with E-state index in [1.165, 1.54) is 0 Å². The Morgan fingerprint density at radius 3 is 2.62 bits per heavy atom. The Balaban J connectivity index is 2.58. The van der Waals surface area contributed by atoms with Crippen LogP contribution in [0.25, 0.3) is 0 Å². The Morgan fingerprint density at radius 2 is 2.12 bits per heavy atom. The molecule has 4 heteroatoms. The lowest BCUT2D eigenvalue weighted by Gasteiger charge is -2.18. The van der Waals surface area contributed by atoms with Crippen LogP contribution in [0.1, 0.15) is 31.9 Å². The number of nitrogens with one attached hydrogen (secondary N) is 1. The fourth-order valence-electron chi connectivity index (χ4n) is 1.53. The first-order valence-corrected chi connectivity index (χ1v) is 5.59. The van der Waals surface area contributed by atoms with Gasteiger partial charge in [-0.3, -0.25) is 9.78 Å². The second-order valence-electron chi connectivity index (χ2n) is 3.85. The van der Waals surface area contributed by atoms with Crippen LogP contribution >= 0.6 is 0 Å². The van der Waals surface area contributed by atoms with E-state index in [-0.39, 0.29) is 17.9 Å². The van der Waals surface area contributed by atoms with Crippen molar-refractivity contribution in [2.45, 2.75) is 26.3 Å². The number of nitrogens with zero attached hydrogens (tertiary/aromatic N) is 1. The van der Waals surface area contributed by atoms with Crippen molar-refractivity contribution < 1.29 is 4.79 Å². The molecular weight excluding hydrogens is 202 g/mol. The number of carbonyl (C=O) groups is 1. The van der Waals surface area contributed by atoms with Crippen LogP contribution in [0.15, 0.2) is 24.5 Å². The van der Waals surface area contributed by atoms with Crippen LogP contribution in [0.5, 0.6) is 0 Å². The number of aromatic nitrogens is 1. The summed E-state index contributed by atoms with van der Waals surface area (Å²) in [5, 5.41) is 2.95. The largest absolute Gasteiger partial charge is 0.349 e. The van der Waals surface area contributed by atoms with Gasteiger partial charge >= 0.3 is 0 Å². The average Bonchev–Trinajstić information content (AvgIpc) is 2.31. The first kappa shape index (κ1) is 12.6. The van der Waals surface area contributed by atoms with Gasteiger partial charge < -0.3 is 11.1 Å². The maximum Gasteiger partial charge on any atom is 0.224 e. The fourth-order valence-corrected chi connectivity index (χ4v) is 1.53. The van der Waals surface area contributed by atoms with E-state index in [0.29, 0.717) is 6.54 Å². The normalized spacial score (nSPS) is 14.2. The highest BCUT2D eigenvalue weighted by Gasteiger charge is 2.16. The molecule has 0 saturated carbocycles. The second kappa shape index (κ2) is 6.23. The molecule has 1 aromatic rings. The number of hydrogen-bond acceptors (Lipinski definition) is 3. The monoisotopic (exact) mass is 221 g/mol. The van der Waals surface area contributed by atoms with Crippen LogP contribution in [0.4, 0.5) is 0 Å². The molecule has 1 unspecified atom stereocenters. The summed E-state index contributed by atoms with van der Waals surface area (Å²) < 4.78 is 0. The third kappa shape index (κ3) is 3.31. The molecule has 0 fully saturated rings. The van der Waals surface area contributed by atoms with Gasteiger partial charge in [-0.05, 0) is 31.0 Å². The van der Waals surface area contributed by atoms with Crippen molar-refractivity contribution in [3.05, 3.63) is 30.1 Å². The van der Waals surface area contributed by atoms with Gasteiger partial charge in [-0.25, -0.2) is 0 Å². The topological polar surface area (TPSA) is 68.0 Å². The third-order valence-electron chi connectivity index (χ3n) is 2.71. The van der Waals surface area contributed by atoms with Gasteiger partial charge in [0.05, 0.1) is 6.04 Å². The summed E-state index contributed by atoms with van der Waals surface area (Å²) in [5.74, 6) is -0.0707. The lowest BCUT2D eigenvalue weighted by molar-refractivity contribution is -0.125. The quantitative estimate of drug-likeness (QED) is 0.786. The molecule has 1 rings (SSSR count). The predicted octanol–water partition coefficient (Wildman–Crippen LogP) is 1.24. The van der Waals surface area contributed by atoms with Gasteiger partial charge in [-0.1, -0.05) is 6.92 Å². The molecule has 16 heavy (non-hydrogen) atoms. The van der Waals surface area contributed by atoms with Gasteiger partial charge in [0.25, 0.3) is 0 Å². The standard InChI is InChI=1S/C12H19N3O/c1-3-10(8-13)12(16)15-9(2)11-4-6-14-7-5-11/h4-7,9-10H,3,8,13H2,1-2H3,(H,15,16)/t9-,10?/m1/s1. The number of pyridine rings is 1. The van der Waals surface area contributed by atoms with Crippen molar-refractivity contribution in [2.75, 3.05) is 6.54 Å². The Bertz CT molecular complexity index is 322. The Labute approximate surface area is 96.3 Å². The molecule has 1 aromatic heterocycles. The molecule has 0 bridgehead atoms. The molecule has 0 spiro atoms. The molecule has 2 atom stereocenters. The summed E-state index contributed by atoms with van der Waals surface area (Å²) in [7, 11) is 0. The molecule has 3 N–H and O–H groups in total. The van der Waals surface area contributed by atoms with Crippen LogP contribution in [-0.4, -0.2) is 17.4 Å². The maximum absolute atomic E-state index is 11.8. The van der Waals surface area contributed by atoms with Crippen LogP contribution in [0.2, 0.25) is 0 Å². The van der Waals surface area contributed by atoms with Gasteiger partial charge in [-0.15, -0.1) is 0 Å². The Hall–Kier alpha value is -1.42. The van der Waals surface area contributed by atoms with Crippen LogP contribution in [0, 0.1) is 5.92 Å². The van der Waals surface area contributed by atoms with Gasteiger partial charge in [0, 0.05) is 24.9 Å². The summed E-state index contributed by atoms with van der Waals surface area (Å²) in [6.45, 7) is 4.32. The Kier molecular flexibility index (Phi) is 4.92. The van der Waals surface area contributed by atoms with E-state index >= 15 is 0 Å². The van der Waals surface area contributed by atoms with Gasteiger partial charge in [-0.2, -0.15) is 0 Å². The van der Waals surface area contributed by atoms with Crippen molar-refractivity contribution in [3.63, 3.8) is 0 Å². The molecule has 0 saturated heterocycles. The van der Waals surface area contributed by atoms with Crippen LogP contribution < -0.4 is 11.1 Å². The van der Waals surface area contributed by atoms with E-state index in [0.717, 1.165) is 12.0 Å². The van der Waals surface area contributed by atoms with E-state index < -0.39 is 0 Å². The summed E-state index contributed by atoms with van der Waals surface area (Å²) in [6, 6.07) is 3.79. The van der Waals surface area contributed by atoms with Crippen molar-refractivity contribution in [1.29, 1.82) is 0 Å². The molecule has 0 aromatic carbocycles. The highest BCUT2D eigenvalue weighted by atomic mass is 16.1. The lowest BCUT2D eigenvalue weighted by Crippen LogP contribution is -2.36. The molecule has 4 nitrogen and oxygen atoms in total. The van der Waals surface area contributed by atoms with Crippen molar-refractivity contribution >= 4 is 5.91 Å². The molecule has 1 amide bonds. The summed E-state index contributed by atoms with van der Waals surface area (Å²) in [4.78, 5) is 15.7. The summed E-state index contributed by atoms with van der Waals surface area (Å²) >= 11 is 0. The van der Waals surface area contributed by atoms with E-state index in [1.807, 2.05) is 26.0 Å². The third-order valence-corrected chi connectivity index (χ3v) is 2.71. The summed E-state index contributed by atoms with van der Waals surface area (Å²) in [5.41, 5.74) is 6.58. The lowest BCUT2D eigenvalue weighted by atomic mass is 10.0. The van der Waals surface area contributed by atoms with Gasteiger partial charge in [0.15, 0.2) is 0 Å². The van der Waals surface area contributed by atoms with E-state index in [4.69, 9.17) is 5.73 Å². The molecule has 1 heterocycles. The van der Waals surface area contributed by atoms with Gasteiger partial charge in [0.1, 0.15) is 0 Å². The van der Waals surface area contributed by atoms with Crippen molar-refractivity contribution in [1.82, 2.24) is 10.3 Å². The number of nitrogens with two attached hydrogens (primary N) is 1. The molecule has 0 aliphatic carbocycles. The number of hydrogen-bond donors (Lipinski definition) is 2. The SMILES string of the molecule is CCC(CN)C(=O)N[C@H](C)c1ccncc1. The number of carbonyl (C=O) groups excluding carboxylic acids is 1. The highest BCUT2D eigenvalue weighted by Crippen LogP contribution is 2.11. The van der Waals surface area contributed by atoms with E-state index in [1.54, 1.807) is 12.4 Å². The van der Waals surface area contributed by atoms with Crippen LogP contribution in [0.3, 0.4) is 0 Å². The first-order chi connectivity index (χ1) is 7.69. The van der Waals surface area contributed by atoms with Crippen molar-refractivity contribution in [3.8, 4) is 0 Å². The minimum atomic E-state index is -0.0933. The average molecular weight is 221 g/mol. The molecular formula is C12H19N3O. The van der Waals surface area contributed by atoms with E-state index in [2.05, 4.69) is 10.3 Å². The minimum absolute atomic E-state index is 0.00361. The molecule has 88 valence electrons. The second-order valence-corrected chi connectivity index (χ2v) is 3.85. The van der Waals surface area contributed by atoms with Crippen molar-refractivity contribution in [2.24, 2.45) is 11.7 Å². The molecule has 0 radical (unpaired) electrons. The molecule has 0 aliphatic rings. The molecule has 0 aliphatic heterocycles. The smallest absolute Gasteiger partial charge is 0.224 e. The zero-order chi connectivity index (χ0) is 12.0. The summed E-state index contributed by atoms with van der Waals surface area (Å²) in [6.07, 6.45) is 4.21. The van der Waals surface area contributed by atoms with Crippen LogP contribution in [-0.2, 0) is 4.79 Å². The van der Waals surface area contributed by atoms with Gasteiger partial charge in [0.2, 0.25) is 5.91 Å². The predicted molar refractivity (Wildman–Crippen MR) is 63.6 cm³/mol. The number of rotatable bonds is 5. The minimum Gasteiger partial charge on any atom is -0.349 e. The highest BCUT2D eigenvalue weighted by molar-refractivity contribution is 5.79. The zero-order valence-electron chi connectivity index (χ0n) is 9.81. The zero-order valence-corrected chi connectivity index (χ0v) is 9.81. The fraction of sp³-hybridized carbons (Fsp3) is 0.500. The first-order valence-electron chi connectivity index (χ1n) is 5.59. The number of amides is 1. The maximum atomic E-state index is 11.8.